The maximum atomic E-state index is 12.8. The second-order valence-corrected chi connectivity index (χ2v) is 10.3. The topological polar surface area (TPSA) is 149 Å². The van der Waals surface area contributed by atoms with E-state index in [-0.39, 0.29) is 35.3 Å². The fourth-order valence-corrected chi connectivity index (χ4v) is 3.97. The Morgan fingerprint density at radius 1 is 0.565 bits per heavy atom. The van der Waals surface area contributed by atoms with Crippen molar-refractivity contribution in [2.45, 2.75) is 12.8 Å². The lowest BCUT2D eigenvalue weighted by Crippen LogP contribution is -2.16. The van der Waals surface area contributed by atoms with Crippen LogP contribution in [0.25, 0.3) is 0 Å². The van der Waals surface area contributed by atoms with Gasteiger partial charge in [-0.2, -0.15) is 10.2 Å². The van der Waals surface area contributed by atoms with E-state index in [9.17, 15) is 14.4 Å². The average molecular weight is 620 g/mol. The van der Waals surface area contributed by atoms with Crippen LogP contribution in [-0.2, 0) is 14.3 Å². The maximum Gasteiger partial charge on any atom is 0.348 e. The van der Waals surface area contributed by atoms with Crippen molar-refractivity contribution in [3.8, 4) is 0 Å². The van der Waals surface area contributed by atoms with Crippen molar-refractivity contribution in [1.29, 1.82) is 5.41 Å². The van der Waals surface area contributed by atoms with E-state index in [0.29, 0.717) is 11.4 Å². The molecule has 0 fully saturated rings. The Hall–Kier alpha value is -6.04. The minimum absolute atomic E-state index is 0.0467. The number of nitrogens with zero attached hydrogens (tertiary/aromatic N) is 6. The molecule has 0 atom stereocenters. The predicted octanol–water partition coefficient (Wildman–Crippen LogP) is 7.95. The zero-order valence-electron chi connectivity index (χ0n) is 25.9. The van der Waals surface area contributed by atoms with Gasteiger partial charge in [0.15, 0.2) is 5.90 Å². The fourth-order valence-electron chi connectivity index (χ4n) is 3.97. The molecule has 12 nitrogen and oxygen atoms in total. The molecule has 0 unspecified atom stereocenters. The number of azo groups is 2. The van der Waals surface area contributed by atoms with Gasteiger partial charge in [-0.1, -0.05) is 24.3 Å². The third-order valence-corrected chi connectivity index (χ3v) is 6.51. The zero-order valence-corrected chi connectivity index (χ0v) is 25.9. The van der Waals surface area contributed by atoms with Crippen LogP contribution in [0.3, 0.4) is 0 Å². The number of hydrogen-bond acceptors (Lipinski definition) is 12. The maximum absolute atomic E-state index is 12.8. The molecule has 0 aliphatic carbocycles. The number of ether oxygens (including phenoxy) is 2. The summed E-state index contributed by atoms with van der Waals surface area (Å²) in [6.07, 6.45) is -0.645. The lowest BCUT2D eigenvalue weighted by atomic mass is 10.2. The molecule has 4 aromatic carbocycles. The van der Waals surface area contributed by atoms with E-state index in [4.69, 9.17) is 14.9 Å². The smallest absolute Gasteiger partial charge is 0.348 e. The minimum atomic E-state index is -0.915. The second-order valence-electron chi connectivity index (χ2n) is 10.3. The number of anilines is 2. The molecule has 4 rings (SSSR count). The van der Waals surface area contributed by atoms with E-state index in [1.807, 2.05) is 62.3 Å². The molecule has 234 valence electrons. The van der Waals surface area contributed by atoms with Gasteiger partial charge in [0.25, 0.3) is 0 Å². The summed E-state index contributed by atoms with van der Waals surface area (Å²) in [5.74, 6) is -3.12. The lowest BCUT2D eigenvalue weighted by Gasteiger charge is -2.11. The molecule has 46 heavy (non-hydrogen) atoms. The minimum Gasteiger partial charge on any atom is -0.409 e. The van der Waals surface area contributed by atoms with E-state index in [2.05, 4.69) is 20.5 Å². The van der Waals surface area contributed by atoms with Crippen LogP contribution < -0.4 is 9.80 Å². The van der Waals surface area contributed by atoms with Crippen molar-refractivity contribution in [3.05, 3.63) is 108 Å². The monoisotopic (exact) mass is 619 g/mol. The molecule has 0 amide bonds. The molecule has 0 saturated heterocycles. The highest BCUT2D eigenvalue weighted by Crippen LogP contribution is 2.26. The van der Waals surface area contributed by atoms with Crippen LogP contribution in [0.15, 0.2) is 118 Å². The van der Waals surface area contributed by atoms with Crippen LogP contribution >= 0.6 is 0 Å². The van der Waals surface area contributed by atoms with Crippen molar-refractivity contribution in [3.63, 3.8) is 0 Å². The first-order valence-electron chi connectivity index (χ1n) is 14.2. The molecular weight excluding hydrogens is 586 g/mol. The second kappa shape index (κ2) is 15.6. The largest absolute Gasteiger partial charge is 0.409 e. The third-order valence-electron chi connectivity index (χ3n) is 6.51. The van der Waals surface area contributed by atoms with Gasteiger partial charge in [-0.05, 0) is 72.8 Å². The van der Waals surface area contributed by atoms with Crippen molar-refractivity contribution >= 4 is 57.9 Å². The SMILES string of the molecule is CN(C)c1ccc(N=Nc2ccccc2C(=O)OC(=N)CCC(=O)OC(=O)c2ccccc2N=Nc2ccc(N(C)C)cc2)cc1. The number of esters is 3. The number of benzene rings is 4. The van der Waals surface area contributed by atoms with Gasteiger partial charge in [-0.15, -0.1) is 10.2 Å². The molecule has 12 heteroatoms. The Balaban J connectivity index is 1.31. The summed E-state index contributed by atoms with van der Waals surface area (Å²) in [6.45, 7) is 0. The fraction of sp³-hybridized carbons (Fsp3) is 0.176. The number of carbonyl (C=O) groups is 3. The molecule has 0 saturated carbocycles. The highest BCUT2D eigenvalue weighted by molar-refractivity contribution is 6.03. The van der Waals surface area contributed by atoms with E-state index >= 15 is 0 Å². The highest BCUT2D eigenvalue weighted by atomic mass is 16.6. The molecule has 4 aromatic rings. The van der Waals surface area contributed by atoms with Crippen LogP contribution in [0, 0.1) is 5.41 Å². The van der Waals surface area contributed by atoms with Crippen LogP contribution in [-0.4, -0.2) is 52.0 Å². The van der Waals surface area contributed by atoms with Gasteiger partial charge >= 0.3 is 17.9 Å². The number of hydrogen-bond donors (Lipinski definition) is 1. The number of rotatable bonds is 11. The Bertz CT molecular complexity index is 1630. The Kier molecular flexibility index (Phi) is 11.2. The molecule has 0 spiro atoms. The van der Waals surface area contributed by atoms with Gasteiger partial charge in [0, 0.05) is 46.0 Å². The standard InChI is InChI=1S/C34H33N7O5/c1-40(2)25-17-13-23(14-18-25)36-38-29-11-7-5-9-27(29)33(43)45-31(35)21-22-32(42)46-34(44)28-10-6-8-12-30(28)39-37-24-15-19-26(20-16-24)41(3)4/h5-20,35H,21-22H2,1-4H3. The number of nitrogens with one attached hydrogen (secondary N) is 1. The molecule has 0 aromatic heterocycles. The van der Waals surface area contributed by atoms with E-state index in [1.165, 1.54) is 12.1 Å². The van der Waals surface area contributed by atoms with Crippen molar-refractivity contribution < 1.29 is 23.9 Å². The van der Waals surface area contributed by atoms with Crippen molar-refractivity contribution in [2.24, 2.45) is 20.5 Å². The van der Waals surface area contributed by atoms with Gasteiger partial charge < -0.3 is 19.3 Å². The molecule has 0 aliphatic heterocycles. The molecular formula is C34H33N7O5. The zero-order chi connectivity index (χ0) is 33.1. The van der Waals surface area contributed by atoms with Crippen molar-refractivity contribution in [2.75, 3.05) is 38.0 Å². The van der Waals surface area contributed by atoms with Crippen LogP contribution in [0.4, 0.5) is 34.1 Å². The van der Waals surface area contributed by atoms with E-state index in [1.54, 1.807) is 60.7 Å². The Morgan fingerprint density at radius 2 is 0.978 bits per heavy atom. The van der Waals surface area contributed by atoms with Crippen LogP contribution in [0.1, 0.15) is 33.6 Å². The third kappa shape index (κ3) is 9.23. The van der Waals surface area contributed by atoms with E-state index < -0.39 is 23.8 Å². The summed E-state index contributed by atoms with van der Waals surface area (Å²) in [7, 11) is 7.72. The molecule has 0 aliphatic rings. The Morgan fingerprint density at radius 3 is 1.41 bits per heavy atom. The van der Waals surface area contributed by atoms with Gasteiger partial charge in [0.1, 0.15) is 11.4 Å². The highest BCUT2D eigenvalue weighted by Gasteiger charge is 2.19. The van der Waals surface area contributed by atoms with E-state index in [0.717, 1.165) is 11.4 Å². The van der Waals surface area contributed by atoms with Gasteiger partial charge in [-0.25, -0.2) is 9.59 Å². The number of carbonyl (C=O) groups excluding carboxylic acids is 3. The molecule has 0 bridgehead atoms. The summed E-state index contributed by atoms with van der Waals surface area (Å²) >= 11 is 0. The summed E-state index contributed by atoms with van der Waals surface area (Å²) in [5, 5.41) is 24.7. The normalized spacial score (nSPS) is 11.0. The predicted molar refractivity (Wildman–Crippen MR) is 176 cm³/mol. The summed E-state index contributed by atoms with van der Waals surface area (Å²) in [5.41, 5.74) is 3.79. The quantitative estimate of drug-likeness (QED) is 0.0588. The van der Waals surface area contributed by atoms with Gasteiger partial charge in [0.2, 0.25) is 0 Å². The molecule has 0 radical (unpaired) electrons. The average Bonchev–Trinajstić information content (AvgIpc) is 3.06. The summed E-state index contributed by atoms with van der Waals surface area (Å²) in [4.78, 5) is 41.9. The first-order chi connectivity index (χ1) is 22.1. The van der Waals surface area contributed by atoms with Crippen LogP contribution in [0.2, 0.25) is 0 Å². The lowest BCUT2D eigenvalue weighted by molar-refractivity contribution is -0.137. The summed E-state index contributed by atoms with van der Waals surface area (Å²) < 4.78 is 10.1. The molecule has 0 heterocycles. The Labute approximate surface area is 266 Å². The van der Waals surface area contributed by atoms with Crippen LogP contribution in [0.5, 0.6) is 0 Å². The van der Waals surface area contributed by atoms with Gasteiger partial charge in [0.05, 0.1) is 28.9 Å². The first kappa shape index (κ1) is 32.9. The molecule has 1 N–H and O–H groups in total. The summed E-state index contributed by atoms with van der Waals surface area (Å²) in [6, 6.07) is 27.5. The van der Waals surface area contributed by atoms with Crippen molar-refractivity contribution in [1.82, 2.24) is 0 Å². The van der Waals surface area contributed by atoms with Gasteiger partial charge in [-0.3, -0.25) is 10.2 Å². The first-order valence-corrected chi connectivity index (χ1v) is 14.2.